The summed E-state index contributed by atoms with van der Waals surface area (Å²) in [5.74, 6) is 1.06. The molecule has 0 saturated carbocycles. The normalized spacial score (nSPS) is 17.5. The fourth-order valence-electron chi connectivity index (χ4n) is 4.13. The number of carbonyl (C=O) groups excluding carboxylic acids is 2. The zero-order chi connectivity index (χ0) is 22.8. The van der Waals surface area contributed by atoms with Crippen molar-refractivity contribution in [2.24, 2.45) is 5.92 Å². The number of hydrogen-bond donors (Lipinski definition) is 1. The second-order valence-corrected chi connectivity index (χ2v) is 9.20. The highest BCUT2D eigenvalue weighted by molar-refractivity contribution is 7.14. The minimum atomic E-state index is -0.255. The molecule has 0 bridgehead atoms. The Bertz CT molecular complexity index is 1170. The summed E-state index contributed by atoms with van der Waals surface area (Å²) in [4.78, 5) is 32.2. The number of nitrogens with zero attached hydrogens (tertiary/aromatic N) is 2. The minimum Gasteiger partial charge on any atom is -0.486 e. The lowest BCUT2D eigenvalue weighted by molar-refractivity contribution is -0.121. The molecule has 0 aliphatic carbocycles. The molecule has 2 amide bonds. The highest BCUT2D eigenvalue weighted by atomic mass is 32.1. The first-order valence-electron chi connectivity index (χ1n) is 11.1. The van der Waals surface area contributed by atoms with Gasteiger partial charge in [0.15, 0.2) is 16.6 Å². The van der Waals surface area contributed by atoms with Gasteiger partial charge in [0.2, 0.25) is 5.91 Å². The van der Waals surface area contributed by atoms with Gasteiger partial charge in [-0.05, 0) is 50.1 Å². The molecule has 1 N–H and O–H groups in total. The lowest BCUT2D eigenvalue weighted by Gasteiger charge is -2.32. The van der Waals surface area contributed by atoms with Gasteiger partial charge in [0, 0.05) is 29.6 Å². The van der Waals surface area contributed by atoms with Gasteiger partial charge in [0.1, 0.15) is 13.2 Å². The Labute approximate surface area is 196 Å². The highest BCUT2D eigenvalue weighted by Gasteiger charge is 2.29. The van der Waals surface area contributed by atoms with Crippen LogP contribution in [0, 0.1) is 12.8 Å². The average Bonchev–Trinajstić information content (AvgIpc) is 3.32. The number of anilines is 1. The van der Waals surface area contributed by atoms with Crippen molar-refractivity contribution in [1.29, 1.82) is 0 Å². The van der Waals surface area contributed by atoms with Crippen LogP contribution in [0.2, 0.25) is 0 Å². The second kappa shape index (κ2) is 9.23. The minimum absolute atomic E-state index is 0.0253. The van der Waals surface area contributed by atoms with Gasteiger partial charge in [-0.25, -0.2) is 4.98 Å². The monoisotopic (exact) mass is 463 g/mol. The van der Waals surface area contributed by atoms with Crippen molar-refractivity contribution in [3.63, 3.8) is 0 Å². The number of amides is 2. The molecule has 1 atom stereocenters. The van der Waals surface area contributed by atoms with Gasteiger partial charge in [0.25, 0.3) is 5.91 Å². The lowest BCUT2D eigenvalue weighted by atomic mass is 9.96. The average molecular weight is 464 g/mol. The molecule has 1 fully saturated rings. The molecule has 3 aromatic rings. The Balaban J connectivity index is 1.23. The molecule has 33 heavy (non-hydrogen) atoms. The molecular formula is C25H25N3O4S. The van der Waals surface area contributed by atoms with E-state index in [-0.39, 0.29) is 17.7 Å². The molecule has 7 nitrogen and oxygen atoms in total. The van der Waals surface area contributed by atoms with Gasteiger partial charge < -0.3 is 19.7 Å². The number of thiazole rings is 1. The zero-order valence-corrected chi connectivity index (χ0v) is 19.2. The van der Waals surface area contributed by atoms with Crippen molar-refractivity contribution in [3.05, 3.63) is 59.0 Å². The van der Waals surface area contributed by atoms with Gasteiger partial charge in [-0.15, -0.1) is 11.3 Å². The van der Waals surface area contributed by atoms with E-state index in [2.05, 4.69) is 10.3 Å². The van der Waals surface area contributed by atoms with E-state index in [4.69, 9.17) is 9.47 Å². The number of benzene rings is 2. The van der Waals surface area contributed by atoms with Gasteiger partial charge in [0.05, 0.1) is 11.6 Å². The summed E-state index contributed by atoms with van der Waals surface area (Å²) in [5.41, 5.74) is 3.45. The van der Waals surface area contributed by atoms with E-state index >= 15 is 0 Å². The van der Waals surface area contributed by atoms with Crippen LogP contribution in [0.1, 0.15) is 28.8 Å². The molecule has 2 aliphatic rings. The number of carbonyl (C=O) groups is 2. The topological polar surface area (TPSA) is 80.8 Å². The Morgan fingerprint density at radius 1 is 1.09 bits per heavy atom. The van der Waals surface area contributed by atoms with Gasteiger partial charge in [-0.3, -0.25) is 9.59 Å². The van der Waals surface area contributed by atoms with Crippen LogP contribution in [0.25, 0.3) is 11.3 Å². The number of nitrogens with one attached hydrogen (secondary N) is 1. The third-order valence-electron chi connectivity index (χ3n) is 5.95. The Kier molecular flexibility index (Phi) is 6.00. The quantitative estimate of drug-likeness (QED) is 0.621. The van der Waals surface area contributed by atoms with Crippen molar-refractivity contribution in [2.75, 3.05) is 31.6 Å². The molecule has 170 valence electrons. The summed E-state index contributed by atoms with van der Waals surface area (Å²) in [6.07, 6.45) is 1.56. The molecular weight excluding hydrogens is 438 g/mol. The summed E-state index contributed by atoms with van der Waals surface area (Å²) < 4.78 is 11.2. The molecule has 1 aromatic heterocycles. The largest absolute Gasteiger partial charge is 0.486 e. The standard InChI is InChI=1S/C25H25N3O4S/c1-16-4-6-17(7-5-16)24(30)28-10-2-3-19(14-28)23(29)27-25-26-20(15-33-25)18-8-9-21-22(13-18)32-12-11-31-21/h4-9,13,15,19H,2-3,10-12,14H2,1H3,(H,26,27,29). The third kappa shape index (κ3) is 4.71. The SMILES string of the molecule is Cc1ccc(C(=O)N2CCCC(C(=O)Nc3nc(-c4ccc5c(c4)OCCO5)cs3)C2)cc1. The van der Waals surface area contributed by atoms with Gasteiger partial charge >= 0.3 is 0 Å². The van der Waals surface area contributed by atoms with Gasteiger partial charge in [-0.1, -0.05) is 17.7 Å². The lowest BCUT2D eigenvalue weighted by Crippen LogP contribution is -2.43. The zero-order valence-electron chi connectivity index (χ0n) is 18.4. The number of hydrogen-bond acceptors (Lipinski definition) is 6. The highest BCUT2D eigenvalue weighted by Crippen LogP contribution is 2.35. The number of likely N-dealkylation sites (tertiary alicyclic amines) is 1. The fourth-order valence-corrected chi connectivity index (χ4v) is 4.85. The molecule has 1 unspecified atom stereocenters. The van der Waals surface area contributed by atoms with E-state index in [1.165, 1.54) is 11.3 Å². The van der Waals surface area contributed by atoms with Crippen LogP contribution in [-0.2, 0) is 4.79 Å². The maximum Gasteiger partial charge on any atom is 0.253 e. The van der Waals surface area contributed by atoms with Crippen LogP contribution in [0.5, 0.6) is 11.5 Å². The van der Waals surface area contributed by atoms with E-state index in [9.17, 15) is 9.59 Å². The molecule has 1 saturated heterocycles. The van der Waals surface area contributed by atoms with Crippen molar-refractivity contribution in [1.82, 2.24) is 9.88 Å². The van der Waals surface area contributed by atoms with Crippen LogP contribution >= 0.6 is 11.3 Å². The van der Waals surface area contributed by atoms with Crippen molar-refractivity contribution in [3.8, 4) is 22.8 Å². The van der Waals surface area contributed by atoms with E-state index < -0.39 is 0 Å². The first kappa shape index (κ1) is 21.5. The molecule has 3 heterocycles. The number of aryl methyl sites for hydroxylation is 1. The number of aromatic nitrogens is 1. The summed E-state index contributed by atoms with van der Waals surface area (Å²) in [6, 6.07) is 13.3. The predicted octanol–water partition coefficient (Wildman–Crippen LogP) is 4.38. The summed E-state index contributed by atoms with van der Waals surface area (Å²) >= 11 is 1.38. The van der Waals surface area contributed by atoms with Crippen LogP contribution < -0.4 is 14.8 Å². The van der Waals surface area contributed by atoms with Gasteiger partial charge in [-0.2, -0.15) is 0 Å². The van der Waals surface area contributed by atoms with Crippen LogP contribution in [0.15, 0.2) is 47.8 Å². The summed E-state index contributed by atoms with van der Waals surface area (Å²) in [7, 11) is 0. The fraction of sp³-hybridized carbons (Fsp3) is 0.320. The molecule has 0 radical (unpaired) electrons. The third-order valence-corrected chi connectivity index (χ3v) is 6.71. The smallest absolute Gasteiger partial charge is 0.253 e. The summed E-state index contributed by atoms with van der Waals surface area (Å²) in [6.45, 7) is 4.16. The number of fused-ring (bicyclic) bond motifs is 1. The molecule has 5 rings (SSSR count). The summed E-state index contributed by atoms with van der Waals surface area (Å²) in [5, 5.41) is 5.41. The van der Waals surface area contributed by atoms with Crippen LogP contribution in [-0.4, -0.2) is 48.0 Å². The Morgan fingerprint density at radius 3 is 2.70 bits per heavy atom. The maximum absolute atomic E-state index is 12.9. The van der Waals surface area contributed by atoms with Crippen molar-refractivity contribution in [2.45, 2.75) is 19.8 Å². The molecule has 2 aliphatic heterocycles. The van der Waals surface area contributed by atoms with E-state index in [1.807, 2.05) is 54.8 Å². The molecule has 8 heteroatoms. The second-order valence-electron chi connectivity index (χ2n) is 8.34. The predicted molar refractivity (Wildman–Crippen MR) is 127 cm³/mol. The van der Waals surface area contributed by atoms with E-state index in [0.717, 1.165) is 35.4 Å². The van der Waals surface area contributed by atoms with Crippen molar-refractivity contribution >= 4 is 28.3 Å². The molecule has 0 spiro atoms. The first-order chi connectivity index (χ1) is 16.1. The number of ether oxygens (including phenoxy) is 2. The first-order valence-corrected chi connectivity index (χ1v) is 12.0. The Hall–Kier alpha value is -3.39. The van der Waals surface area contributed by atoms with Crippen LogP contribution in [0.4, 0.5) is 5.13 Å². The van der Waals surface area contributed by atoms with Crippen LogP contribution in [0.3, 0.4) is 0 Å². The van der Waals surface area contributed by atoms with Crippen molar-refractivity contribution < 1.29 is 19.1 Å². The number of rotatable bonds is 4. The molecule has 2 aromatic carbocycles. The van der Waals surface area contributed by atoms with E-state index in [0.29, 0.717) is 42.7 Å². The maximum atomic E-state index is 12.9. The number of piperidine rings is 1. The Morgan fingerprint density at radius 2 is 1.88 bits per heavy atom. The van der Waals surface area contributed by atoms with E-state index in [1.54, 1.807) is 4.90 Å².